The zero-order valence-electron chi connectivity index (χ0n) is 9.03. The molecular formula is C11H8Br2ClN3S. The minimum atomic E-state index is 0.362. The minimum Gasteiger partial charge on any atom is -0.384 e. The molecule has 0 amide bonds. The van der Waals surface area contributed by atoms with Crippen molar-refractivity contribution in [2.75, 3.05) is 5.73 Å². The molecule has 2 aromatic rings. The summed E-state index contributed by atoms with van der Waals surface area (Å²) in [6.45, 7) is 0. The highest BCUT2D eigenvalue weighted by Gasteiger charge is 2.04. The van der Waals surface area contributed by atoms with Gasteiger partial charge in [-0.2, -0.15) is 0 Å². The predicted octanol–water partition coefficient (Wildman–Crippen LogP) is 4.53. The number of halogens is 3. The molecule has 0 aliphatic carbocycles. The molecule has 2 rings (SSSR count). The molecule has 0 bridgehead atoms. The van der Waals surface area contributed by atoms with Crippen LogP contribution >= 0.6 is 55.2 Å². The Hall–Kier alpha value is -0.300. The molecule has 0 atom stereocenters. The molecule has 0 spiro atoms. The first-order valence-electron chi connectivity index (χ1n) is 4.91. The van der Waals surface area contributed by atoms with E-state index in [9.17, 15) is 0 Å². The molecule has 0 aliphatic heterocycles. The van der Waals surface area contributed by atoms with Crippen molar-refractivity contribution in [3.8, 4) is 0 Å². The van der Waals surface area contributed by atoms with E-state index in [0.29, 0.717) is 16.1 Å². The van der Waals surface area contributed by atoms with Gasteiger partial charge in [0.2, 0.25) is 0 Å². The number of anilines is 1. The number of hydrogen-bond acceptors (Lipinski definition) is 4. The first kappa shape index (κ1) is 14.1. The molecule has 94 valence electrons. The number of benzene rings is 1. The van der Waals surface area contributed by atoms with Crippen LogP contribution in [0.5, 0.6) is 0 Å². The lowest BCUT2D eigenvalue weighted by Crippen LogP contribution is -1.95. The largest absolute Gasteiger partial charge is 0.384 e. The average molecular weight is 410 g/mol. The SMILES string of the molecule is Nc1cc(Cl)nc(SCc2cc(Br)cc(Br)c2)n1. The van der Waals surface area contributed by atoms with E-state index in [1.54, 1.807) is 0 Å². The second-order valence-corrected chi connectivity index (χ2v) is 6.63. The number of nitrogen functional groups attached to an aromatic ring is 1. The monoisotopic (exact) mass is 407 g/mol. The number of hydrogen-bond donors (Lipinski definition) is 1. The van der Waals surface area contributed by atoms with E-state index in [1.807, 2.05) is 18.2 Å². The van der Waals surface area contributed by atoms with Crippen molar-refractivity contribution in [1.82, 2.24) is 9.97 Å². The second-order valence-electron chi connectivity index (χ2n) is 3.46. The summed E-state index contributed by atoms with van der Waals surface area (Å²) in [5, 5.41) is 0.941. The lowest BCUT2D eigenvalue weighted by Gasteiger charge is -2.04. The molecule has 1 aromatic heterocycles. The van der Waals surface area contributed by atoms with Gasteiger partial charge in [0, 0.05) is 20.8 Å². The van der Waals surface area contributed by atoms with E-state index in [-0.39, 0.29) is 0 Å². The van der Waals surface area contributed by atoms with Crippen molar-refractivity contribution in [2.45, 2.75) is 10.9 Å². The van der Waals surface area contributed by atoms with Crippen LogP contribution in [0.15, 0.2) is 38.4 Å². The Morgan fingerprint density at radius 1 is 1.11 bits per heavy atom. The number of nitrogens with zero attached hydrogens (tertiary/aromatic N) is 2. The molecule has 3 nitrogen and oxygen atoms in total. The number of thioether (sulfide) groups is 1. The normalized spacial score (nSPS) is 10.6. The quantitative estimate of drug-likeness (QED) is 0.460. The Morgan fingerprint density at radius 3 is 2.39 bits per heavy atom. The molecule has 1 aromatic carbocycles. The van der Waals surface area contributed by atoms with Gasteiger partial charge in [0.1, 0.15) is 11.0 Å². The maximum absolute atomic E-state index is 5.82. The Labute approximate surface area is 131 Å². The maximum Gasteiger partial charge on any atom is 0.191 e. The van der Waals surface area contributed by atoms with E-state index < -0.39 is 0 Å². The predicted molar refractivity (Wildman–Crippen MR) is 82.9 cm³/mol. The molecule has 0 saturated heterocycles. The summed E-state index contributed by atoms with van der Waals surface area (Å²) >= 11 is 14.2. The van der Waals surface area contributed by atoms with Gasteiger partial charge in [0.05, 0.1) is 0 Å². The smallest absolute Gasteiger partial charge is 0.191 e. The number of aromatic nitrogens is 2. The highest BCUT2D eigenvalue weighted by molar-refractivity contribution is 9.11. The van der Waals surface area contributed by atoms with E-state index >= 15 is 0 Å². The third-order valence-corrected chi connectivity index (χ3v) is 4.01. The molecule has 7 heteroatoms. The molecule has 18 heavy (non-hydrogen) atoms. The average Bonchev–Trinajstić information content (AvgIpc) is 2.23. The van der Waals surface area contributed by atoms with Gasteiger partial charge < -0.3 is 5.73 Å². The van der Waals surface area contributed by atoms with Crippen molar-refractivity contribution in [3.05, 3.63) is 43.9 Å². The lowest BCUT2D eigenvalue weighted by molar-refractivity contribution is 0.975. The van der Waals surface area contributed by atoms with E-state index in [1.165, 1.54) is 17.8 Å². The second kappa shape index (κ2) is 6.23. The van der Waals surface area contributed by atoms with Crippen LogP contribution in [0, 0.1) is 0 Å². The Kier molecular flexibility index (Phi) is 4.89. The van der Waals surface area contributed by atoms with Crippen LogP contribution in [-0.2, 0) is 5.75 Å². The summed E-state index contributed by atoms with van der Waals surface area (Å²) in [7, 11) is 0. The zero-order valence-corrected chi connectivity index (χ0v) is 13.8. The van der Waals surface area contributed by atoms with Crippen molar-refractivity contribution in [1.29, 1.82) is 0 Å². The van der Waals surface area contributed by atoms with Crippen LogP contribution in [0.4, 0.5) is 5.82 Å². The van der Waals surface area contributed by atoms with Crippen LogP contribution in [-0.4, -0.2) is 9.97 Å². The summed E-state index contributed by atoms with van der Waals surface area (Å²) in [6, 6.07) is 7.61. The van der Waals surface area contributed by atoms with Crippen molar-refractivity contribution < 1.29 is 0 Å². The summed E-state index contributed by atoms with van der Waals surface area (Å²) in [6.07, 6.45) is 0. The molecule has 0 saturated carbocycles. The van der Waals surface area contributed by atoms with Gasteiger partial charge in [0.25, 0.3) is 0 Å². The number of rotatable bonds is 3. The summed E-state index contributed by atoms with van der Waals surface area (Å²) in [4.78, 5) is 8.22. The Bertz CT molecular complexity index is 488. The first-order valence-corrected chi connectivity index (χ1v) is 7.86. The fourth-order valence-electron chi connectivity index (χ4n) is 1.32. The molecule has 1 heterocycles. The fourth-order valence-corrected chi connectivity index (χ4v) is 3.75. The highest BCUT2D eigenvalue weighted by Crippen LogP contribution is 2.26. The minimum absolute atomic E-state index is 0.362. The van der Waals surface area contributed by atoms with Gasteiger partial charge in [-0.15, -0.1) is 0 Å². The van der Waals surface area contributed by atoms with Crippen molar-refractivity contribution in [3.63, 3.8) is 0 Å². The molecule has 0 unspecified atom stereocenters. The van der Waals surface area contributed by atoms with Gasteiger partial charge in [-0.3, -0.25) is 0 Å². The molecular weight excluding hydrogens is 401 g/mol. The highest BCUT2D eigenvalue weighted by atomic mass is 79.9. The topological polar surface area (TPSA) is 51.8 Å². The third kappa shape index (κ3) is 4.12. The van der Waals surface area contributed by atoms with Gasteiger partial charge in [-0.25, -0.2) is 9.97 Å². The fraction of sp³-hybridized carbons (Fsp3) is 0.0909. The van der Waals surface area contributed by atoms with Gasteiger partial charge >= 0.3 is 0 Å². The lowest BCUT2D eigenvalue weighted by atomic mass is 10.2. The van der Waals surface area contributed by atoms with Crippen LogP contribution in [0.25, 0.3) is 0 Å². The van der Waals surface area contributed by atoms with Gasteiger partial charge in [0.15, 0.2) is 5.16 Å². The van der Waals surface area contributed by atoms with Crippen molar-refractivity contribution in [2.24, 2.45) is 0 Å². The van der Waals surface area contributed by atoms with Gasteiger partial charge in [-0.1, -0.05) is 55.2 Å². The van der Waals surface area contributed by atoms with E-state index in [2.05, 4.69) is 41.8 Å². The first-order chi connectivity index (χ1) is 8.52. The Morgan fingerprint density at radius 2 is 1.78 bits per heavy atom. The number of nitrogens with two attached hydrogens (primary N) is 1. The van der Waals surface area contributed by atoms with Crippen LogP contribution in [0.2, 0.25) is 5.15 Å². The van der Waals surface area contributed by atoms with Crippen LogP contribution in [0.3, 0.4) is 0 Å². The van der Waals surface area contributed by atoms with E-state index in [4.69, 9.17) is 17.3 Å². The van der Waals surface area contributed by atoms with Crippen LogP contribution < -0.4 is 5.73 Å². The summed E-state index contributed by atoms with van der Waals surface area (Å²) in [5.41, 5.74) is 6.77. The molecule has 0 radical (unpaired) electrons. The molecule has 0 aliphatic rings. The summed E-state index contributed by atoms with van der Waals surface area (Å²) in [5.74, 6) is 1.13. The third-order valence-electron chi connectivity index (χ3n) is 1.98. The van der Waals surface area contributed by atoms with Gasteiger partial charge in [-0.05, 0) is 23.8 Å². The summed E-state index contributed by atoms with van der Waals surface area (Å²) < 4.78 is 2.05. The maximum atomic E-state index is 5.82. The van der Waals surface area contributed by atoms with Crippen molar-refractivity contribution >= 4 is 61.0 Å². The van der Waals surface area contributed by atoms with Crippen LogP contribution in [0.1, 0.15) is 5.56 Å². The molecule has 0 fully saturated rings. The standard InChI is InChI=1S/C11H8Br2ClN3S/c12-7-1-6(2-8(13)3-7)5-18-11-16-9(14)4-10(15)17-11/h1-4H,5H2,(H2,15,16,17). The zero-order chi connectivity index (χ0) is 13.1. The van der Waals surface area contributed by atoms with E-state index in [0.717, 1.165) is 20.3 Å². The molecule has 2 N–H and O–H groups in total. The Balaban J connectivity index is 2.11.